The van der Waals surface area contributed by atoms with Gasteiger partial charge in [-0.05, 0) is 89.6 Å². The number of fused-ring (bicyclic) bond motifs is 4. The minimum atomic E-state index is -0.961. The van der Waals surface area contributed by atoms with Gasteiger partial charge in [-0.25, -0.2) is 0 Å². The fourth-order valence-corrected chi connectivity index (χ4v) is 6.39. The molecule has 0 nitrogen and oxygen atoms in total. The van der Waals surface area contributed by atoms with Crippen LogP contribution in [0.4, 0.5) is 0 Å². The third kappa shape index (κ3) is 3.79. The van der Waals surface area contributed by atoms with Gasteiger partial charge in [0.05, 0.1) is 32.9 Å². The Hall–Kier alpha value is -5.11. The van der Waals surface area contributed by atoms with Crippen molar-refractivity contribution in [1.82, 2.24) is 0 Å². The number of rotatable bonds is 3. The summed E-state index contributed by atoms with van der Waals surface area (Å²) in [5.41, 5.74) is -4.02. The maximum atomic E-state index is 9.72. The molecule has 0 bridgehead atoms. The monoisotopic (exact) mass is 586 g/mol. The zero-order valence-corrected chi connectivity index (χ0v) is 22.4. The lowest BCUT2D eigenvalue weighted by Gasteiger charge is -2.23. The van der Waals surface area contributed by atoms with Gasteiger partial charge in [0.25, 0.3) is 0 Å². The molecule has 0 aromatic heterocycles. The van der Waals surface area contributed by atoms with Crippen molar-refractivity contribution in [2.75, 3.05) is 0 Å². The van der Waals surface area contributed by atoms with Crippen LogP contribution in [0.15, 0.2) is 167 Å². The summed E-state index contributed by atoms with van der Waals surface area (Å²) in [6.45, 7) is 0. The van der Waals surface area contributed by atoms with Gasteiger partial charge in [-0.1, -0.05) is 151 Å². The number of benzene rings is 8. The molecule has 0 saturated carbocycles. The van der Waals surface area contributed by atoms with Crippen LogP contribution in [0.3, 0.4) is 0 Å². The summed E-state index contributed by atoms with van der Waals surface area (Å²) in [5, 5.41) is -2.59. The van der Waals surface area contributed by atoms with E-state index in [1.165, 1.54) is 6.07 Å². The van der Waals surface area contributed by atoms with E-state index < -0.39 is 194 Å². The lowest BCUT2D eigenvalue weighted by atomic mass is 9.83. The predicted molar refractivity (Wildman–Crippen MR) is 185 cm³/mol. The first-order chi connectivity index (χ1) is 31.3. The molecule has 0 saturated heterocycles. The highest BCUT2D eigenvalue weighted by atomic mass is 32.2. The van der Waals surface area contributed by atoms with Crippen molar-refractivity contribution in [2.24, 2.45) is 0 Å². The van der Waals surface area contributed by atoms with E-state index in [0.717, 1.165) is 17.8 Å². The summed E-state index contributed by atoms with van der Waals surface area (Å²) in [4.78, 5) is 0.0810. The van der Waals surface area contributed by atoms with Crippen LogP contribution in [-0.2, 0) is 0 Å². The molecule has 43 heavy (non-hydrogen) atoms. The van der Waals surface area contributed by atoms with Crippen LogP contribution in [-0.4, -0.2) is 0 Å². The maximum absolute atomic E-state index is 9.72. The lowest BCUT2D eigenvalue weighted by Crippen LogP contribution is -1.95. The molecule has 0 spiro atoms. The summed E-state index contributed by atoms with van der Waals surface area (Å²) >= 11 is 0.806. The molecule has 0 radical (unpaired) electrons. The van der Waals surface area contributed by atoms with Crippen molar-refractivity contribution in [1.29, 1.82) is 0 Å². The van der Waals surface area contributed by atoms with Gasteiger partial charge in [-0.2, -0.15) is 0 Å². The average molecular weight is 587 g/mol. The van der Waals surface area contributed by atoms with Crippen molar-refractivity contribution in [3.63, 3.8) is 0 Å². The van der Waals surface area contributed by atoms with Crippen LogP contribution in [0.25, 0.3) is 76.8 Å². The molecule has 1 heteroatoms. The first-order valence-electron chi connectivity index (χ1n) is 24.8. The van der Waals surface area contributed by atoms with E-state index in [2.05, 4.69) is 0 Å². The van der Waals surface area contributed by atoms with Gasteiger partial charge in [0.1, 0.15) is 0 Å². The molecule has 9 rings (SSSR count). The van der Waals surface area contributed by atoms with Crippen LogP contribution in [0, 0.1) is 0 Å². The summed E-state index contributed by atoms with van der Waals surface area (Å²) in [6, 6.07) is -16.6. The third-order valence-corrected chi connectivity index (χ3v) is 8.20. The van der Waals surface area contributed by atoms with E-state index in [9.17, 15) is 11.0 Å². The zero-order chi connectivity index (χ0) is 49.2. The minimum absolute atomic E-state index is 0.0611. The van der Waals surface area contributed by atoms with E-state index in [1.807, 2.05) is 0 Å². The van der Waals surface area contributed by atoms with E-state index in [1.54, 1.807) is 0 Å². The summed E-state index contributed by atoms with van der Waals surface area (Å²) in [6.07, 6.45) is 0. The van der Waals surface area contributed by atoms with Crippen LogP contribution in [0.5, 0.6) is 0 Å². The second kappa shape index (κ2) is 9.73. The van der Waals surface area contributed by atoms with Crippen LogP contribution >= 0.6 is 11.8 Å². The smallest absolute Gasteiger partial charge is 0.0636 e. The Balaban J connectivity index is 1.60. The Morgan fingerprint density at radius 3 is 1.88 bits per heavy atom. The Bertz CT molecular complexity index is 3680. The van der Waals surface area contributed by atoms with Crippen LogP contribution in [0.2, 0.25) is 0 Å². The first kappa shape index (κ1) is 10.6. The summed E-state index contributed by atoms with van der Waals surface area (Å²) in [5.74, 6) is 0. The molecule has 0 unspecified atom stereocenters. The fourth-order valence-electron chi connectivity index (χ4n) is 5.39. The van der Waals surface area contributed by atoms with E-state index in [4.69, 9.17) is 21.9 Å². The molecule has 1 aliphatic rings. The largest absolute Gasteiger partial charge is 0.0888 e. The second-order valence-electron chi connectivity index (χ2n) is 9.41. The highest BCUT2D eigenvalue weighted by molar-refractivity contribution is 7.99. The van der Waals surface area contributed by atoms with Gasteiger partial charge >= 0.3 is 0 Å². The normalized spacial score (nSPS) is 19.9. The standard InChI is InChI=1S/C42H26S/c1-2-12-27(13-3-1)28-14-10-15-29(26-28)40-31-17-4-6-19-33(31)41(34-20-7-5-18-32(34)40)37-25-24-36-30-16-8-9-22-38(30)43-39-23-11-21-35(37)42(36)39/h1-26H/i1D,2D,3D,4D,5D,6D,7D,8D,9D,10D,11D,12D,13D,14D,15D,16D,17D,19D,20D,21D,23D,24D,25D,26D. The quantitative estimate of drug-likeness (QED) is 0.186. The Labute approximate surface area is 289 Å². The molecule has 8 aromatic rings. The van der Waals surface area contributed by atoms with Crippen molar-refractivity contribution >= 4 is 44.1 Å². The molecule has 1 aliphatic heterocycles. The summed E-state index contributed by atoms with van der Waals surface area (Å²) < 4.78 is 215. The molecule has 0 N–H and O–H groups in total. The Morgan fingerprint density at radius 2 is 1.00 bits per heavy atom. The predicted octanol–water partition coefficient (Wildman–Crippen LogP) is 12.3. The molecular formula is C42H26S. The van der Waals surface area contributed by atoms with Gasteiger partial charge in [0.15, 0.2) is 0 Å². The first-order valence-corrected chi connectivity index (χ1v) is 13.6. The molecule has 200 valence electrons. The third-order valence-electron chi connectivity index (χ3n) is 7.15. The van der Waals surface area contributed by atoms with Gasteiger partial charge in [0.2, 0.25) is 0 Å². The molecule has 0 fully saturated rings. The van der Waals surface area contributed by atoms with Crippen LogP contribution < -0.4 is 0 Å². The molecule has 0 atom stereocenters. The topological polar surface area (TPSA) is 0 Å². The van der Waals surface area contributed by atoms with Gasteiger partial charge in [-0.3, -0.25) is 0 Å². The molecule has 8 aromatic carbocycles. The Morgan fingerprint density at radius 1 is 0.372 bits per heavy atom. The van der Waals surface area contributed by atoms with Crippen molar-refractivity contribution in [3.05, 3.63) is 157 Å². The minimum Gasteiger partial charge on any atom is -0.0888 e. The van der Waals surface area contributed by atoms with Crippen molar-refractivity contribution in [2.45, 2.75) is 9.79 Å². The highest BCUT2D eigenvalue weighted by Crippen LogP contribution is 2.51. The lowest BCUT2D eigenvalue weighted by molar-refractivity contribution is 1.40. The highest BCUT2D eigenvalue weighted by Gasteiger charge is 2.23. The molecule has 1 heterocycles. The SMILES string of the molecule is [2H]c1cc2c(c([2H])c1[2H])-c1c([2H])c([2H])c(-c3c4c([2H])c([2H])c([2H])cc4c(-c4c([2H])c([2H])c([2H])c(-c5c([2H])c([2H])c([2H])c([2H])c5[2H])c4[2H])c4c([2H])c([2H])c([2H])c([2H])c34)c3c([2H])c([2H])c([2H])c(c13)S2. The van der Waals surface area contributed by atoms with Gasteiger partial charge in [-0.15, -0.1) is 0 Å². The van der Waals surface area contributed by atoms with Crippen molar-refractivity contribution in [3.8, 4) is 44.5 Å². The number of hydrogen-bond acceptors (Lipinski definition) is 1. The number of hydrogen-bond donors (Lipinski definition) is 0. The molecular weight excluding hydrogens is 537 g/mol. The van der Waals surface area contributed by atoms with E-state index in [-0.39, 0.29) is 37.7 Å². The summed E-state index contributed by atoms with van der Waals surface area (Å²) in [7, 11) is 0. The van der Waals surface area contributed by atoms with E-state index in [0.29, 0.717) is 0 Å². The van der Waals surface area contributed by atoms with Gasteiger partial charge in [0, 0.05) is 15.2 Å². The van der Waals surface area contributed by atoms with Crippen LogP contribution in [0.1, 0.15) is 32.9 Å². The maximum Gasteiger partial charge on any atom is 0.0636 e. The van der Waals surface area contributed by atoms with E-state index >= 15 is 0 Å². The van der Waals surface area contributed by atoms with Crippen molar-refractivity contribution < 1.29 is 32.9 Å². The fraction of sp³-hybridized carbons (Fsp3) is 0. The zero-order valence-electron chi connectivity index (χ0n) is 45.6. The second-order valence-corrected chi connectivity index (χ2v) is 10.5. The average Bonchev–Trinajstić information content (AvgIpc) is 3.29. The molecule has 0 aliphatic carbocycles. The molecule has 0 amide bonds. The van der Waals surface area contributed by atoms with Gasteiger partial charge < -0.3 is 0 Å². The Kier molecular flexibility index (Phi) is 2.39.